The van der Waals surface area contributed by atoms with Crippen LogP contribution in [0.1, 0.15) is 50.1 Å². The van der Waals surface area contributed by atoms with Crippen LogP contribution in [-0.2, 0) is 23.0 Å². The van der Waals surface area contributed by atoms with Crippen molar-refractivity contribution in [2.24, 2.45) is 0 Å². The van der Waals surface area contributed by atoms with Crippen LogP contribution in [0.2, 0.25) is 0 Å². The van der Waals surface area contributed by atoms with E-state index in [-0.39, 0.29) is 6.04 Å². The maximum absolute atomic E-state index is 13.7. The molecule has 1 unspecified atom stereocenters. The van der Waals surface area contributed by atoms with E-state index >= 15 is 0 Å². The summed E-state index contributed by atoms with van der Waals surface area (Å²) in [5, 5.41) is 4.43. The predicted octanol–water partition coefficient (Wildman–Crippen LogP) is 3.83. The molecule has 0 aliphatic carbocycles. The quantitative estimate of drug-likeness (QED) is 0.813. The Morgan fingerprint density at radius 1 is 1.20 bits per heavy atom. The van der Waals surface area contributed by atoms with E-state index in [2.05, 4.69) is 12.0 Å². The number of hydrogen-bond donors (Lipinski definition) is 0. The highest BCUT2D eigenvalue weighted by molar-refractivity contribution is 7.93. The van der Waals surface area contributed by atoms with E-state index in [0.717, 1.165) is 42.6 Å². The summed E-state index contributed by atoms with van der Waals surface area (Å²) < 4.78 is 30.8. The average Bonchev–Trinajstić information content (AvgIpc) is 2.89. The zero-order valence-electron chi connectivity index (χ0n) is 15.5. The lowest BCUT2D eigenvalue weighted by atomic mass is 9.95. The van der Waals surface area contributed by atoms with Gasteiger partial charge in [-0.1, -0.05) is 31.5 Å². The van der Waals surface area contributed by atoms with Crippen molar-refractivity contribution in [2.45, 2.75) is 70.9 Å². The first kappa shape index (κ1) is 18.0. The third-order valence-electron chi connectivity index (χ3n) is 5.06. The van der Waals surface area contributed by atoms with Gasteiger partial charge in [0.1, 0.15) is 4.90 Å². The van der Waals surface area contributed by atoms with Gasteiger partial charge >= 0.3 is 0 Å². The maximum atomic E-state index is 13.7. The second kappa shape index (κ2) is 6.83. The van der Waals surface area contributed by atoms with Crippen molar-refractivity contribution in [1.82, 2.24) is 9.78 Å². The number of para-hydroxylation sites is 1. The van der Waals surface area contributed by atoms with Gasteiger partial charge in [-0.15, -0.1) is 0 Å². The Morgan fingerprint density at radius 3 is 2.56 bits per heavy atom. The summed E-state index contributed by atoms with van der Waals surface area (Å²) in [7, 11) is -3.65. The number of nitrogens with zero attached hydrogens (tertiary/aromatic N) is 3. The van der Waals surface area contributed by atoms with Crippen LogP contribution in [0.25, 0.3) is 0 Å². The van der Waals surface area contributed by atoms with Gasteiger partial charge in [0.2, 0.25) is 0 Å². The van der Waals surface area contributed by atoms with Gasteiger partial charge in [-0.05, 0) is 51.7 Å². The minimum atomic E-state index is -3.65. The lowest BCUT2D eigenvalue weighted by molar-refractivity contribution is 0.518. The van der Waals surface area contributed by atoms with E-state index in [1.807, 2.05) is 38.1 Å². The minimum Gasteiger partial charge on any atom is -0.268 e. The second-order valence-electron chi connectivity index (χ2n) is 6.73. The lowest BCUT2D eigenvalue weighted by Gasteiger charge is -2.38. The molecule has 2 aromatic rings. The third kappa shape index (κ3) is 2.97. The van der Waals surface area contributed by atoms with E-state index in [1.165, 1.54) is 0 Å². The summed E-state index contributed by atoms with van der Waals surface area (Å²) in [6.45, 7) is 8.39. The summed E-state index contributed by atoms with van der Waals surface area (Å²) in [5.74, 6) is 0. The number of aryl methyl sites for hydroxylation is 3. The summed E-state index contributed by atoms with van der Waals surface area (Å²) in [6.07, 6.45) is 3.63. The molecule has 0 spiro atoms. The first-order valence-corrected chi connectivity index (χ1v) is 10.5. The first-order valence-electron chi connectivity index (χ1n) is 9.08. The third-order valence-corrected chi connectivity index (χ3v) is 7.18. The Kier molecular flexibility index (Phi) is 4.91. The van der Waals surface area contributed by atoms with Crippen LogP contribution in [0.3, 0.4) is 0 Å². The standard InChI is InChI=1S/C19H27N3O2S/c1-5-9-17-13-12-16-10-7-8-11-18(16)22(17)25(23,24)19-14(3)20-21(6-2)15(19)4/h7-8,10-11,17H,5-6,9,12-13H2,1-4H3. The molecular weight excluding hydrogens is 334 g/mol. The Balaban J connectivity index is 2.18. The number of hydrogen-bond acceptors (Lipinski definition) is 3. The fraction of sp³-hybridized carbons (Fsp3) is 0.526. The van der Waals surface area contributed by atoms with Crippen LogP contribution in [-0.4, -0.2) is 24.2 Å². The van der Waals surface area contributed by atoms with E-state index in [4.69, 9.17) is 0 Å². The van der Waals surface area contributed by atoms with Crippen LogP contribution in [0.15, 0.2) is 29.2 Å². The van der Waals surface area contributed by atoms with E-state index in [9.17, 15) is 8.42 Å². The molecule has 5 nitrogen and oxygen atoms in total. The summed E-state index contributed by atoms with van der Waals surface area (Å²) in [5.41, 5.74) is 3.24. The van der Waals surface area contributed by atoms with Crippen LogP contribution < -0.4 is 4.31 Å². The molecule has 2 heterocycles. The van der Waals surface area contributed by atoms with Crippen molar-refractivity contribution < 1.29 is 8.42 Å². The number of fused-ring (bicyclic) bond motifs is 1. The molecule has 1 atom stereocenters. The minimum absolute atomic E-state index is 0.00803. The molecule has 0 N–H and O–H groups in total. The van der Waals surface area contributed by atoms with Gasteiger partial charge in [-0.2, -0.15) is 5.10 Å². The highest BCUT2D eigenvalue weighted by atomic mass is 32.2. The van der Waals surface area contributed by atoms with E-state index < -0.39 is 10.0 Å². The fourth-order valence-electron chi connectivity index (χ4n) is 3.95. The van der Waals surface area contributed by atoms with Crippen molar-refractivity contribution in [3.63, 3.8) is 0 Å². The number of anilines is 1. The van der Waals surface area contributed by atoms with Crippen molar-refractivity contribution in [3.05, 3.63) is 41.2 Å². The van der Waals surface area contributed by atoms with Crippen molar-refractivity contribution >= 4 is 15.7 Å². The van der Waals surface area contributed by atoms with Gasteiger partial charge in [0, 0.05) is 12.6 Å². The average molecular weight is 362 g/mol. The normalized spacial score (nSPS) is 17.6. The molecule has 1 aliphatic rings. The molecule has 0 radical (unpaired) electrons. The molecule has 25 heavy (non-hydrogen) atoms. The van der Waals surface area contributed by atoms with Crippen molar-refractivity contribution in [2.75, 3.05) is 4.31 Å². The summed E-state index contributed by atoms with van der Waals surface area (Å²) >= 11 is 0. The number of sulfonamides is 1. The Hall–Kier alpha value is -1.82. The van der Waals surface area contributed by atoms with Gasteiger partial charge in [-0.25, -0.2) is 8.42 Å². The first-order chi connectivity index (χ1) is 11.9. The van der Waals surface area contributed by atoms with Gasteiger partial charge in [0.15, 0.2) is 0 Å². The number of rotatable bonds is 5. The molecule has 0 saturated heterocycles. The zero-order valence-corrected chi connectivity index (χ0v) is 16.3. The number of benzene rings is 1. The Labute approximate surface area is 150 Å². The molecule has 0 bridgehead atoms. The topological polar surface area (TPSA) is 55.2 Å². The van der Waals surface area contributed by atoms with Crippen LogP contribution in [0.4, 0.5) is 5.69 Å². The highest BCUT2D eigenvalue weighted by Gasteiger charge is 2.38. The summed E-state index contributed by atoms with van der Waals surface area (Å²) in [6, 6.07) is 7.88. The fourth-order valence-corrected chi connectivity index (χ4v) is 6.08. The van der Waals surface area contributed by atoms with Crippen molar-refractivity contribution in [1.29, 1.82) is 0 Å². The Morgan fingerprint density at radius 2 is 1.92 bits per heavy atom. The van der Waals surface area contributed by atoms with Crippen molar-refractivity contribution in [3.8, 4) is 0 Å². The maximum Gasteiger partial charge on any atom is 0.268 e. The molecule has 0 amide bonds. The monoisotopic (exact) mass is 361 g/mol. The molecular formula is C19H27N3O2S. The second-order valence-corrected chi connectivity index (χ2v) is 8.48. The van der Waals surface area contributed by atoms with Crippen LogP contribution in [0.5, 0.6) is 0 Å². The zero-order chi connectivity index (χ0) is 18.2. The predicted molar refractivity (Wildman–Crippen MR) is 100 cm³/mol. The van der Waals surface area contributed by atoms with Crippen LogP contribution >= 0.6 is 0 Å². The molecule has 6 heteroatoms. The van der Waals surface area contributed by atoms with Gasteiger partial charge in [0.25, 0.3) is 10.0 Å². The summed E-state index contributed by atoms with van der Waals surface area (Å²) in [4.78, 5) is 0.368. The highest BCUT2D eigenvalue weighted by Crippen LogP contribution is 2.38. The molecule has 1 aliphatic heterocycles. The van der Waals surface area contributed by atoms with Gasteiger partial charge in [0.05, 0.1) is 17.1 Å². The van der Waals surface area contributed by atoms with E-state index in [1.54, 1.807) is 15.9 Å². The Bertz CT molecular complexity index is 871. The molecule has 1 aromatic heterocycles. The largest absolute Gasteiger partial charge is 0.268 e. The van der Waals surface area contributed by atoms with Gasteiger partial charge < -0.3 is 0 Å². The smallest absolute Gasteiger partial charge is 0.268 e. The molecule has 3 rings (SSSR count). The molecule has 1 aromatic carbocycles. The number of aromatic nitrogens is 2. The van der Waals surface area contributed by atoms with E-state index in [0.29, 0.717) is 17.1 Å². The lowest BCUT2D eigenvalue weighted by Crippen LogP contribution is -2.44. The SMILES string of the molecule is CCCC1CCc2ccccc2N1S(=O)(=O)c1c(C)nn(CC)c1C. The molecule has 0 fully saturated rings. The van der Waals surface area contributed by atoms with Crippen LogP contribution in [0, 0.1) is 13.8 Å². The molecule has 0 saturated carbocycles. The van der Waals surface area contributed by atoms with Gasteiger partial charge in [-0.3, -0.25) is 8.99 Å². The molecule has 136 valence electrons.